The molecule has 2 rings (SSSR count). The van der Waals surface area contributed by atoms with Crippen LogP contribution in [0.4, 0.5) is 0 Å². The van der Waals surface area contributed by atoms with Crippen molar-refractivity contribution in [2.24, 2.45) is 0 Å². The standard InChI is InChI=1S/C16H22BClO2/c1-15(2)16(3,4)20-17(19-15)14-10-7-9-13(12-14)8-5-6-11-18/h5,7-10,12H,6,11H2,1-4H3. The van der Waals surface area contributed by atoms with Gasteiger partial charge in [0.25, 0.3) is 0 Å². The van der Waals surface area contributed by atoms with Gasteiger partial charge in [-0.1, -0.05) is 36.4 Å². The number of benzene rings is 1. The van der Waals surface area contributed by atoms with Gasteiger partial charge >= 0.3 is 7.12 Å². The molecule has 0 unspecified atom stereocenters. The first-order valence-corrected chi connectivity index (χ1v) is 7.57. The molecule has 108 valence electrons. The predicted molar refractivity (Wildman–Crippen MR) is 86.5 cm³/mol. The Hall–Kier alpha value is -0.765. The SMILES string of the molecule is CC1(C)OB(c2cccc(C=CCCCl)c2)OC1(C)C. The van der Waals surface area contributed by atoms with E-state index in [1.165, 1.54) is 0 Å². The largest absolute Gasteiger partial charge is 0.494 e. The molecule has 0 radical (unpaired) electrons. The zero-order chi connectivity index (χ0) is 14.8. The first-order valence-electron chi connectivity index (χ1n) is 7.04. The molecule has 0 aliphatic carbocycles. The third-order valence-electron chi connectivity index (χ3n) is 4.02. The van der Waals surface area contributed by atoms with Crippen molar-refractivity contribution in [3.05, 3.63) is 35.9 Å². The molecule has 0 bridgehead atoms. The summed E-state index contributed by atoms with van der Waals surface area (Å²) in [5.74, 6) is 0.646. The average molecular weight is 293 g/mol. The summed E-state index contributed by atoms with van der Waals surface area (Å²) in [6.45, 7) is 8.27. The molecule has 1 aliphatic heterocycles. The second-order valence-corrected chi connectivity index (χ2v) is 6.52. The molecule has 1 saturated heterocycles. The lowest BCUT2D eigenvalue weighted by atomic mass is 9.78. The number of rotatable bonds is 4. The highest BCUT2D eigenvalue weighted by Crippen LogP contribution is 2.36. The second-order valence-electron chi connectivity index (χ2n) is 6.14. The van der Waals surface area contributed by atoms with E-state index in [-0.39, 0.29) is 18.3 Å². The van der Waals surface area contributed by atoms with E-state index in [4.69, 9.17) is 20.9 Å². The molecule has 1 aromatic carbocycles. The third kappa shape index (κ3) is 3.28. The molecule has 20 heavy (non-hydrogen) atoms. The van der Waals surface area contributed by atoms with Crippen molar-refractivity contribution in [3.8, 4) is 0 Å². The monoisotopic (exact) mass is 292 g/mol. The Kier molecular flexibility index (Phi) is 4.63. The van der Waals surface area contributed by atoms with Crippen LogP contribution in [0.2, 0.25) is 0 Å². The van der Waals surface area contributed by atoms with Crippen LogP contribution in [0, 0.1) is 0 Å². The lowest BCUT2D eigenvalue weighted by Crippen LogP contribution is -2.41. The van der Waals surface area contributed by atoms with Crippen LogP contribution in [0.5, 0.6) is 0 Å². The van der Waals surface area contributed by atoms with Gasteiger partial charge in [0.2, 0.25) is 0 Å². The molecule has 0 spiro atoms. The summed E-state index contributed by atoms with van der Waals surface area (Å²) in [7, 11) is -0.304. The van der Waals surface area contributed by atoms with Crippen molar-refractivity contribution in [1.29, 1.82) is 0 Å². The highest BCUT2D eigenvalue weighted by Gasteiger charge is 2.51. The van der Waals surface area contributed by atoms with Crippen LogP contribution in [0.3, 0.4) is 0 Å². The summed E-state index contributed by atoms with van der Waals surface area (Å²) < 4.78 is 12.1. The Morgan fingerprint density at radius 2 is 1.80 bits per heavy atom. The van der Waals surface area contributed by atoms with Crippen molar-refractivity contribution < 1.29 is 9.31 Å². The van der Waals surface area contributed by atoms with Gasteiger partial charge in [0, 0.05) is 5.88 Å². The van der Waals surface area contributed by atoms with Crippen molar-refractivity contribution in [1.82, 2.24) is 0 Å². The van der Waals surface area contributed by atoms with Crippen LogP contribution in [0.1, 0.15) is 39.7 Å². The van der Waals surface area contributed by atoms with Gasteiger partial charge < -0.3 is 9.31 Å². The van der Waals surface area contributed by atoms with Gasteiger partial charge in [-0.2, -0.15) is 0 Å². The summed E-state index contributed by atoms with van der Waals surface area (Å²) in [5.41, 5.74) is 1.59. The highest BCUT2D eigenvalue weighted by atomic mass is 35.5. The van der Waals surface area contributed by atoms with Crippen LogP contribution < -0.4 is 5.46 Å². The summed E-state index contributed by atoms with van der Waals surface area (Å²) in [6.07, 6.45) is 5.04. The fraction of sp³-hybridized carbons (Fsp3) is 0.500. The van der Waals surface area contributed by atoms with Crippen molar-refractivity contribution in [3.63, 3.8) is 0 Å². The third-order valence-corrected chi connectivity index (χ3v) is 4.24. The lowest BCUT2D eigenvalue weighted by molar-refractivity contribution is 0.00578. The summed E-state index contributed by atoms with van der Waals surface area (Å²) in [4.78, 5) is 0. The number of allylic oxidation sites excluding steroid dienone is 1. The van der Waals surface area contributed by atoms with Gasteiger partial charge in [0.05, 0.1) is 11.2 Å². The average Bonchev–Trinajstić information content (AvgIpc) is 2.59. The maximum atomic E-state index is 6.06. The molecule has 0 atom stereocenters. The van der Waals surface area contributed by atoms with Gasteiger partial charge in [-0.05, 0) is 45.1 Å². The zero-order valence-corrected chi connectivity index (χ0v) is 13.4. The molecular weight excluding hydrogens is 270 g/mol. The Balaban J connectivity index is 2.17. The normalized spacial score (nSPS) is 20.8. The minimum Gasteiger partial charge on any atom is -0.399 e. The predicted octanol–water partition coefficient (Wildman–Crippen LogP) is 3.63. The quantitative estimate of drug-likeness (QED) is 0.623. The van der Waals surface area contributed by atoms with Crippen LogP contribution in [0.25, 0.3) is 6.08 Å². The lowest BCUT2D eigenvalue weighted by Gasteiger charge is -2.32. The minimum absolute atomic E-state index is 0.303. The Labute approximate surface area is 127 Å². The van der Waals surface area contributed by atoms with E-state index in [2.05, 4.69) is 52.0 Å². The fourth-order valence-electron chi connectivity index (χ4n) is 2.07. The van der Waals surface area contributed by atoms with E-state index in [9.17, 15) is 0 Å². The summed E-state index contributed by atoms with van der Waals surface area (Å²) in [5, 5.41) is 0. The van der Waals surface area contributed by atoms with Gasteiger partial charge in [-0.3, -0.25) is 0 Å². The van der Waals surface area contributed by atoms with Crippen LogP contribution in [0.15, 0.2) is 30.3 Å². The molecule has 0 N–H and O–H groups in total. The molecular formula is C16H22BClO2. The summed E-state index contributed by atoms with van der Waals surface area (Å²) in [6, 6.07) is 8.24. The second kappa shape index (κ2) is 5.93. The number of halogens is 1. The van der Waals surface area contributed by atoms with Crippen LogP contribution >= 0.6 is 11.6 Å². The van der Waals surface area contributed by atoms with E-state index in [0.29, 0.717) is 5.88 Å². The first kappa shape index (κ1) is 15.6. The van der Waals surface area contributed by atoms with Crippen molar-refractivity contribution >= 4 is 30.3 Å². The van der Waals surface area contributed by atoms with E-state index in [1.807, 2.05) is 12.1 Å². The van der Waals surface area contributed by atoms with Crippen molar-refractivity contribution in [2.75, 3.05) is 5.88 Å². The molecule has 1 aromatic rings. The minimum atomic E-state index is -0.304. The molecule has 0 amide bonds. The molecule has 1 fully saturated rings. The Morgan fingerprint density at radius 3 is 2.40 bits per heavy atom. The highest BCUT2D eigenvalue weighted by molar-refractivity contribution is 6.62. The number of hydrogen-bond donors (Lipinski definition) is 0. The Bertz CT molecular complexity index is 481. The van der Waals surface area contributed by atoms with Gasteiger partial charge in [0.1, 0.15) is 0 Å². The molecule has 0 saturated carbocycles. The summed E-state index contributed by atoms with van der Waals surface area (Å²) >= 11 is 5.67. The molecule has 1 aliphatic rings. The Morgan fingerprint density at radius 1 is 1.15 bits per heavy atom. The molecule has 0 aromatic heterocycles. The smallest absolute Gasteiger partial charge is 0.399 e. The van der Waals surface area contributed by atoms with E-state index < -0.39 is 0 Å². The zero-order valence-electron chi connectivity index (χ0n) is 12.7. The van der Waals surface area contributed by atoms with E-state index >= 15 is 0 Å². The van der Waals surface area contributed by atoms with Gasteiger partial charge in [0.15, 0.2) is 0 Å². The molecule has 2 nitrogen and oxygen atoms in total. The maximum Gasteiger partial charge on any atom is 0.494 e. The van der Waals surface area contributed by atoms with Crippen LogP contribution in [-0.4, -0.2) is 24.2 Å². The number of hydrogen-bond acceptors (Lipinski definition) is 2. The maximum absolute atomic E-state index is 6.06. The van der Waals surface area contributed by atoms with Gasteiger partial charge in [-0.25, -0.2) is 0 Å². The van der Waals surface area contributed by atoms with E-state index in [1.54, 1.807) is 0 Å². The molecule has 4 heteroatoms. The topological polar surface area (TPSA) is 18.5 Å². The number of alkyl halides is 1. The van der Waals surface area contributed by atoms with E-state index in [0.717, 1.165) is 17.4 Å². The van der Waals surface area contributed by atoms with Crippen LogP contribution in [-0.2, 0) is 9.31 Å². The molecule has 1 heterocycles. The van der Waals surface area contributed by atoms with Gasteiger partial charge in [-0.15, -0.1) is 11.6 Å². The first-order chi connectivity index (χ1) is 9.36. The van der Waals surface area contributed by atoms with Crippen molar-refractivity contribution in [2.45, 2.75) is 45.3 Å². The fourth-order valence-corrected chi connectivity index (χ4v) is 2.20.